The third-order valence-electron chi connectivity index (χ3n) is 2.80. The van der Waals surface area contributed by atoms with Crippen LogP contribution in [0.25, 0.3) is 0 Å². The van der Waals surface area contributed by atoms with Crippen LogP contribution in [0.15, 0.2) is 24.3 Å². The highest BCUT2D eigenvalue weighted by molar-refractivity contribution is 5.85. The summed E-state index contributed by atoms with van der Waals surface area (Å²) in [4.78, 5) is 11.7. The molecular weight excluding hydrogens is 240 g/mol. The lowest BCUT2D eigenvalue weighted by Gasteiger charge is -2.24. The molecule has 3 N–H and O–H groups in total. The minimum atomic E-state index is -0.502. The lowest BCUT2D eigenvalue weighted by atomic mass is 9.85. The molecule has 4 heteroatoms. The molecule has 0 aliphatic carbocycles. The molecule has 0 heterocycles. The van der Waals surface area contributed by atoms with Crippen LogP contribution in [0.1, 0.15) is 40.2 Å². The van der Waals surface area contributed by atoms with Gasteiger partial charge in [-0.25, -0.2) is 4.79 Å². The van der Waals surface area contributed by atoms with Gasteiger partial charge in [-0.15, -0.1) is 0 Å². The SMILES string of the molecule is CC(C)(C)OC(=O)Nc1cccc(C(C)(C)CN)c1. The number of ether oxygens (including phenoxy) is 1. The Morgan fingerprint density at radius 2 is 1.89 bits per heavy atom. The van der Waals surface area contributed by atoms with Crippen molar-refractivity contribution in [3.63, 3.8) is 0 Å². The Labute approximate surface area is 115 Å². The second-order valence-electron chi connectivity index (χ2n) is 6.30. The van der Waals surface area contributed by atoms with Gasteiger partial charge in [0.1, 0.15) is 5.60 Å². The molecule has 0 bridgehead atoms. The zero-order valence-electron chi connectivity index (χ0n) is 12.4. The van der Waals surface area contributed by atoms with Crippen LogP contribution in [-0.4, -0.2) is 18.2 Å². The fourth-order valence-electron chi connectivity index (χ4n) is 1.56. The van der Waals surface area contributed by atoms with Gasteiger partial charge in [0.2, 0.25) is 0 Å². The number of rotatable bonds is 3. The highest BCUT2D eigenvalue weighted by Gasteiger charge is 2.20. The highest BCUT2D eigenvalue weighted by Crippen LogP contribution is 2.24. The zero-order chi connectivity index (χ0) is 14.7. The van der Waals surface area contributed by atoms with E-state index in [9.17, 15) is 4.79 Å². The molecule has 0 spiro atoms. The monoisotopic (exact) mass is 264 g/mol. The van der Waals surface area contributed by atoms with E-state index in [4.69, 9.17) is 10.5 Å². The summed E-state index contributed by atoms with van der Waals surface area (Å²) in [6, 6.07) is 7.67. The Hall–Kier alpha value is -1.55. The third-order valence-corrected chi connectivity index (χ3v) is 2.80. The van der Waals surface area contributed by atoms with Crippen molar-refractivity contribution < 1.29 is 9.53 Å². The van der Waals surface area contributed by atoms with E-state index in [2.05, 4.69) is 19.2 Å². The van der Waals surface area contributed by atoms with Crippen molar-refractivity contribution in [2.75, 3.05) is 11.9 Å². The van der Waals surface area contributed by atoms with E-state index in [1.54, 1.807) is 0 Å². The molecule has 0 aliphatic heterocycles. The van der Waals surface area contributed by atoms with Crippen molar-refractivity contribution >= 4 is 11.8 Å². The van der Waals surface area contributed by atoms with Crippen LogP contribution in [-0.2, 0) is 10.2 Å². The van der Waals surface area contributed by atoms with Crippen LogP contribution in [0.5, 0.6) is 0 Å². The molecule has 0 atom stereocenters. The van der Waals surface area contributed by atoms with Crippen molar-refractivity contribution in [2.24, 2.45) is 5.73 Å². The van der Waals surface area contributed by atoms with Crippen LogP contribution in [0.4, 0.5) is 10.5 Å². The maximum absolute atomic E-state index is 11.7. The fraction of sp³-hybridized carbons (Fsp3) is 0.533. The van der Waals surface area contributed by atoms with Gasteiger partial charge in [-0.3, -0.25) is 5.32 Å². The number of amides is 1. The second-order valence-corrected chi connectivity index (χ2v) is 6.30. The number of carbonyl (C=O) groups is 1. The van der Waals surface area contributed by atoms with E-state index >= 15 is 0 Å². The van der Waals surface area contributed by atoms with Gasteiger partial charge in [-0.1, -0.05) is 26.0 Å². The molecule has 19 heavy (non-hydrogen) atoms. The number of benzene rings is 1. The molecule has 0 radical (unpaired) electrons. The van der Waals surface area contributed by atoms with Crippen molar-refractivity contribution in [2.45, 2.75) is 45.6 Å². The number of nitrogens with one attached hydrogen (secondary N) is 1. The molecular formula is C15H24N2O2. The first kappa shape index (κ1) is 15.5. The Morgan fingerprint density at radius 1 is 1.26 bits per heavy atom. The van der Waals surface area contributed by atoms with Gasteiger partial charge in [0.15, 0.2) is 0 Å². The lowest BCUT2D eigenvalue weighted by molar-refractivity contribution is 0.0636. The van der Waals surface area contributed by atoms with Gasteiger partial charge in [-0.2, -0.15) is 0 Å². The maximum Gasteiger partial charge on any atom is 0.412 e. The summed E-state index contributed by atoms with van der Waals surface area (Å²) in [7, 11) is 0. The first-order chi connectivity index (χ1) is 8.64. The van der Waals surface area contributed by atoms with Gasteiger partial charge in [0.05, 0.1) is 0 Å². The van der Waals surface area contributed by atoms with Crippen LogP contribution in [0.2, 0.25) is 0 Å². The molecule has 0 unspecified atom stereocenters. The van der Waals surface area contributed by atoms with Crippen LogP contribution in [0.3, 0.4) is 0 Å². The molecule has 4 nitrogen and oxygen atoms in total. The van der Waals surface area contributed by atoms with Gasteiger partial charge >= 0.3 is 6.09 Å². The molecule has 0 saturated heterocycles. The molecule has 1 amide bonds. The first-order valence-electron chi connectivity index (χ1n) is 6.45. The van der Waals surface area contributed by atoms with E-state index < -0.39 is 11.7 Å². The Balaban J connectivity index is 2.81. The molecule has 0 saturated carbocycles. The number of hydrogen-bond donors (Lipinski definition) is 2. The third kappa shape index (κ3) is 4.91. The number of carbonyl (C=O) groups excluding carboxylic acids is 1. The predicted octanol–water partition coefficient (Wildman–Crippen LogP) is 3.27. The fourth-order valence-corrected chi connectivity index (χ4v) is 1.56. The number of hydrogen-bond acceptors (Lipinski definition) is 3. The summed E-state index contributed by atoms with van der Waals surface area (Å²) in [5, 5.41) is 2.73. The van der Waals surface area contributed by atoms with Crippen LogP contribution in [0, 0.1) is 0 Å². The summed E-state index contributed by atoms with van der Waals surface area (Å²) in [5.74, 6) is 0. The van der Waals surface area contributed by atoms with E-state index in [0.717, 1.165) is 5.56 Å². The summed E-state index contributed by atoms with van der Waals surface area (Å²) < 4.78 is 5.22. The second kappa shape index (κ2) is 5.61. The standard InChI is InChI=1S/C15H24N2O2/c1-14(2,3)19-13(18)17-12-8-6-7-11(9-12)15(4,5)10-16/h6-9H,10,16H2,1-5H3,(H,17,18). The van der Waals surface area contributed by atoms with Gasteiger partial charge in [0, 0.05) is 17.6 Å². The topological polar surface area (TPSA) is 64.3 Å². The summed E-state index contributed by atoms with van der Waals surface area (Å²) in [6.07, 6.45) is -0.449. The van der Waals surface area contributed by atoms with Crippen molar-refractivity contribution in [1.29, 1.82) is 0 Å². The first-order valence-corrected chi connectivity index (χ1v) is 6.45. The van der Waals surface area contributed by atoms with Crippen molar-refractivity contribution in [1.82, 2.24) is 0 Å². The normalized spacial score (nSPS) is 12.1. The predicted molar refractivity (Wildman–Crippen MR) is 78.4 cm³/mol. The Bertz CT molecular complexity index is 448. The molecule has 0 aliphatic rings. The van der Waals surface area contributed by atoms with Crippen molar-refractivity contribution in [3.8, 4) is 0 Å². The van der Waals surface area contributed by atoms with E-state index in [-0.39, 0.29) is 5.41 Å². The summed E-state index contributed by atoms with van der Waals surface area (Å²) in [5.41, 5.74) is 6.94. The largest absolute Gasteiger partial charge is 0.444 e. The quantitative estimate of drug-likeness (QED) is 0.880. The maximum atomic E-state index is 11.7. The van der Waals surface area contributed by atoms with Gasteiger partial charge < -0.3 is 10.5 Å². The number of anilines is 1. The Morgan fingerprint density at radius 3 is 2.42 bits per heavy atom. The number of nitrogens with two attached hydrogens (primary N) is 1. The van der Waals surface area contributed by atoms with Gasteiger partial charge in [-0.05, 0) is 38.5 Å². The molecule has 0 aromatic heterocycles. The van der Waals surface area contributed by atoms with E-state index in [1.807, 2.05) is 45.0 Å². The molecule has 1 aromatic rings. The average molecular weight is 264 g/mol. The Kier molecular flexibility index (Phi) is 4.58. The minimum Gasteiger partial charge on any atom is -0.444 e. The minimum absolute atomic E-state index is 0.119. The highest BCUT2D eigenvalue weighted by atomic mass is 16.6. The summed E-state index contributed by atoms with van der Waals surface area (Å²) in [6.45, 7) is 10.2. The molecule has 106 valence electrons. The van der Waals surface area contributed by atoms with E-state index in [1.165, 1.54) is 0 Å². The lowest BCUT2D eigenvalue weighted by Crippen LogP contribution is -2.29. The average Bonchev–Trinajstić information content (AvgIpc) is 2.26. The van der Waals surface area contributed by atoms with Crippen LogP contribution < -0.4 is 11.1 Å². The molecule has 1 aromatic carbocycles. The van der Waals surface area contributed by atoms with Crippen LogP contribution >= 0.6 is 0 Å². The molecule has 0 fully saturated rings. The van der Waals surface area contributed by atoms with E-state index in [0.29, 0.717) is 12.2 Å². The molecule has 1 rings (SSSR count). The van der Waals surface area contributed by atoms with Crippen molar-refractivity contribution in [3.05, 3.63) is 29.8 Å². The summed E-state index contributed by atoms with van der Waals surface area (Å²) >= 11 is 0. The zero-order valence-corrected chi connectivity index (χ0v) is 12.4. The van der Waals surface area contributed by atoms with Gasteiger partial charge in [0.25, 0.3) is 0 Å². The smallest absolute Gasteiger partial charge is 0.412 e.